The van der Waals surface area contributed by atoms with Crippen LogP contribution in [-0.4, -0.2) is 32.8 Å². The molecule has 0 aliphatic carbocycles. The van der Waals surface area contributed by atoms with Crippen molar-refractivity contribution < 1.29 is 18.7 Å². The lowest BCUT2D eigenvalue weighted by molar-refractivity contribution is 0.0159. The van der Waals surface area contributed by atoms with Crippen LogP contribution < -0.4 is 5.32 Å². The number of nitrogens with one attached hydrogen (secondary N) is 1. The Bertz CT molecular complexity index is 1270. The van der Waals surface area contributed by atoms with E-state index in [1.54, 1.807) is 24.0 Å². The molecule has 0 saturated heterocycles. The van der Waals surface area contributed by atoms with Crippen molar-refractivity contribution in [3.05, 3.63) is 77.9 Å². The third kappa shape index (κ3) is 3.51. The number of aliphatic hydroxyl groups is 1. The van der Waals surface area contributed by atoms with Crippen LogP contribution in [0, 0.1) is 11.6 Å². The Kier molecular flexibility index (Phi) is 4.44. The minimum Gasteiger partial charge on any atom is -0.386 e. The number of para-hydroxylation sites is 1. The van der Waals surface area contributed by atoms with Gasteiger partial charge in [-0.15, -0.1) is 0 Å². The Labute approximate surface area is 177 Å². The van der Waals surface area contributed by atoms with E-state index in [0.717, 1.165) is 11.3 Å². The average Bonchev–Trinajstić information content (AvgIpc) is 3.00. The third-order valence-electron chi connectivity index (χ3n) is 5.73. The summed E-state index contributed by atoms with van der Waals surface area (Å²) in [5.41, 5.74) is 1.84. The van der Waals surface area contributed by atoms with Crippen LogP contribution in [0.2, 0.25) is 0 Å². The minimum atomic E-state index is -1.29. The molecular weight excluding hydrogens is 400 g/mol. The van der Waals surface area contributed by atoms with Gasteiger partial charge in [0.05, 0.1) is 18.7 Å². The quantitative estimate of drug-likeness (QED) is 0.494. The van der Waals surface area contributed by atoms with E-state index in [4.69, 9.17) is 0 Å². The Balaban J connectivity index is 1.49. The molecule has 0 bridgehead atoms. The molecule has 4 aromatic rings. The van der Waals surface area contributed by atoms with E-state index in [2.05, 4.69) is 5.32 Å². The molecule has 31 heavy (non-hydrogen) atoms. The van der Waals surface area contributed by atoms with Crippen molar-refractivity contribution in [3.8, 4) is 0 Å². The number of benzene rings is 3. The second kappa shape index (κ2) is 7.06. The van der Waals surface area contributed by atoms with Gasteiger partial charge in [-0.1, -0.05) is 18.2 Å². The largest absolute Gasteiger partial charge is 0.386 e. The standard InChI is InChI=1S/C24H21F2N3O2/c1-24(31,13-28-12-15-4-2-3-5-20(15)27-23(28)30)14-29-21-8-6-16(25)10-18(21)19-11-17(26)7-9-22(19)29/h2-11,31H,12-14H2,1H3,(H,27,30). The second-order valence-corrected chi connectivity index (χ2v) is 8.35. The first-order valence-corrected chi connectivity index (χ1v) is 10.0. The molecule has 0 saturated carbocycles. The first-order chi connectivity index (χ1) is 14.8. The van der Waals surface area contributed by atoms with E-state index in [1.165, 1.54) is 24.3 Å². The molecule has 7 heteroatoms. The number of amides is 2. The monoisotopic (exact) mass is 421 g/mol. The molecular formula is C24H21F2N3O2. The summed E-state index contributed by atoms with van der Waals surface area (Å²) in [7, 11) is 0. The van der Waals surface area contributed by atoms with E-state index in [9.17, 15) is 18.7 Å². The highest BCUT2D eigenvalue weighted by Crippen LogP contribution is 2.32. The number of carbonyl (C=O) groups excluding carboxylic acids is 1. The number of aromatic nitrogens is 1. The topological polar surface area (TPSA) is 57.5 Å². The van der Waals surface area contributed by atoms with Gasteiger partial charge in [0.1, 0.15) is 11.6 Å². The van der Waals surface area contributed by atoms with Crippen LogP contribution >= 0.6 is 0 Å². The SMILES string of the molecule is CC(O)(CN1Cc2ccccc2NC1=O)Cn1c2ccc(F)cc2c2cc(F)ccc21. The number of anilines is 1. The highest BCUT2D eigenvalue weighted by molar-refractivity contribution is 6.08. The van der Waals surface area contributed by atoms with Crippen LogP contribution in [0.4, 0.5) is 19.3 Å². The van der Waals surface area contributed by atoms with Crippen LogP contribution in [0.1, 0.15) is 12.5 Å². The Morgan fingerprint density at radius 1 is 0.968 bits per heavy atom. The molecule has 0 radical (unpaired) electrons. The lowest BCUT2D eigenvalue weighted by Crippen LogP contribution is -2.49. The molecule has 1 atom stereocenters. The lowest BCUT2D eigenvalue weighted by atomic mass is 10.0. The lowest BCUT2D eigenvalue weighted by Gasteiger charge is -2.35. The maximum absolute atomic E-state index is 13.9. The Morgan fingerprint density at radius 3 is 2.23 bits per heavy atom. The molecule has 0 fully saturated rings. The molecule has 2 amide bonds. The number of hydrogen-bond donors (Lipinski definition) is 2. The van der Waals surface area contributed by atoms with Gasteiger partial charge in [-0.3, -0.25) is 0 Å². The number of fused-ring (bicyclic) bond motifs is 4. The van der Waals surface area contributed by atoms with Crippen molar-refractivity contribution in [2.24, 2.45) is 0 Å². The van der Waals surface area contributed by atoms with Gasteiger partial charge in [-0.25, -0.2) is 13.6 Å². The van der Waals surface area contributed by atoms with Gasteiger partial charge in [-0.05, 0) is 55.0 Å². The minimum absolute atomic E-state index is 0.0940. The molecule has 3 aromatic carbocycles. The van der Waals surface area contributed by atoms with Crippen molar-refractivity contribution in [2.45, 2.75) is 25.6 Å². The summed E-state index contributed by atoms with van der Waals surface area (Å²) in [5.74, 6) is -0.822. The van der Waals surface area contributed by atoms with Gasteiger partial charge >= 0.3 is 6.03 Å². The summed E-state index contributed by atoms with van der Waals surface area (Å²) in [6.45, 7) is 2.29. The highest BCUT2D eigenvalue weighted by atomic mass is 19.1. The summed E-state index contributed by atoms with van der Waals surface area (Å²) in [5, 5.41) is 15.2. The summed E-state index contributed by atoms with van der Waals surface area (Å²) < 4.78 is 29.6. The fourth-order valence-electron chi connectivity index (χ4n) is 4.40. The van der Waals surface area contributed by atoms with Crippen molar-refractivity contribution in [2.75, 3.05) is 11.9 Å². The number of hydrogen-bond acceptors (Lipinski definition) is 2. The highest BCUT2D eigenvalue weighted by Gasteiger charge is 2.31. The molecule has 0 spiro atoms. The maximum Gasteiger partial charge on any atom is 0.322 e. The number of urea groups is 1. The fraction of sp³-hybridized carbons (Fsp3) is 0.208. The predicted octanol–water partition coefficient (Wildman–Crippen LogP) is 4.87. The smallest absolute Gasteiger partial charge is 0.322 e. The van der Waals surface area contributed by atoms with Crippen LogP contribution in [0.25, 0.3) is 21.8 Å². The molecule has 2 heterocycles. The number of rotatable bonds is 4. The van der Waals surface area contributed by atoms with Crippen LogP contribution in [0.5, 0.6) is 0 Å². The Morgan fingerprint density at radius 2 is 1.58 bits per heavy atom. The summed E-state index contributed by atoms with van der Waals surface area (Å²) in [6, 6.07) is 16.0. The first-order valence-electron chi connectivity index (χ1n) is 10.0. The van der Waals surface area contributed by atoms with Crippen LogP contribution in [0.3, 0.4) is 0 Å². The van der Waals surface area contributed by atoms with Gasteiger partial charge < -0.3 is 19.9 Å². The van der Waals surface area contributed by atoms with Crippen molar-refractivity contribution in [3.63, 3.8) is 0 Å². The van der Waals surface area contributed by atoms with Gasteiger partial charge in [0, 0.05) is 34.0 Å². The molecule has 158 valence electrons. The third-order valence-corrected chi connectivity index (χ3v) is 5.73. The normalized spacial score (nSPS) is 15.7. The number of halogens is 2. The van der Waals surface area contributed by atoms with Crippen molar-refractivity contribution in [1.82, 2.24) is 9.47 Å². The zero-order valence-corrected chi connectivity index (χ0v) is 16.9. The van der Waals surface area contributed by atoms with Gasteiger partial charge in [0.2, 0.25) is 0 Å². The van der Waals surface area contributed by atoms with E-state index in [0.29, 0.717) is 28.4 Å². The predicted molar refractivity (Wildman–Crippen MR) is 116 cm³/mol. The molecule has 1 aliphatic rings. The van der Waals surface area contributed by atoms with E-state index in [1.807, 2.05) is 28.8 Å². The molecule has 5 rings (SSSR count). The van der Waals surface area contributed by atoms with Crippen LogP contribution in [-0.2, 0) is 13.1 Å². The summed E-state index contributed by atoms with van der Waals surface area (Å²) >= 11 is 0. The molecule has 1 aromatic heterocycles. The zero-order chi connectivity index (χ0) is 21.8. The summed E-state index contributed by atoms with van der Waals surface area (Å²) in [6.07, 6.45) is 0. The maximum atomic E-state index is 13.9. The second-order valence-electron chi connectivity index (χ2n) is 8.35. The van der Waals surface area contributed by atoms with Gasteiger partial charge in [-0.2, -0.15) is 0 Å². The zero-order valence-electron chi connectivity index (χ0n) is 16.9. The summed E-state index contributed by atoms with van der Waals surface area (Å²) in [4.78, 5) is 14.1. The Hall–Kier alpha value is -3.45. The molecule has 1 unspecified atom stereocenters. The number of nitrogens with zero attached hydrogens (tertiary/aromatic N) is 2. The van der Waals surface area contributed by atoms with E-state index in [-0.39, 0.29) is 19.1 Å². The molecule has 2 N–H and O–H groups in total. The van der Waals surface area contributed by atoms with Crippen molar-refractivity contribution in [1.29, 1.82) is 0 Å². The van der Waals surface area contributed by atoms with Gasteiger partial charge in [0.15, 0.2) is 0 Å². The average molecular weight is 421 g/mol. The fourth-order valence-corrected chi connectivity index (χ4v) is 4.40. The van der Waals surface area contributed by atoms with Crippen LogP contribution in [0.15, 0.2) is 60.7 Å². The van der Waals surface area contributed by atoms with E-state index >= 15 is 0 Å². The number of β-amino-alcohol motifs (C(OH)–C–C–N with tert-alkyl or cyclic N) is 1. The molecule has 5 nitrogen and oxygen atoms in total. The first kappa shape index (κ1) is 19.5. The van der Waals surface area contributed by atoms with E-state index < -0.39 is 17.2 Å². The molecule has 1 aliphatic heterocycles. The van der Waals surface area contributed by atoms with Gasteiger partial charge in [0.25, 0.3) is 0 Å². The number of carbonyl (C=O) groups is 1. The van der Waals surface area contributed by atoms with Crippen molar-refractivity contribution >= 4 is 33.5 Å².